The minimum Gasteiger partial charge on any atom is -0.366 e. The molecule has 0 aliphatic carbocycles. The average molecular weight is 233 g/mol. The molecule has 2 saturated heterocycles. The number of hydrogen-bond donors (Lipinski definition) is 0. The highest BCUT2D eigenvalue weighted by molar-refractivity contribution is 5.53. The average Bonchev–Trinajstić information content (AvgIpc) is 2.87. The van der Waals surface area contributed by atoms with E-state index < -0.39 is 0 Å². The number of hydrogen-bond acceptors (Lipinski definition) is 4. The molecular weight excluding hydrogens is 218 g/mol. The fraction of sp³-hybridized carbons (Fsp3) is 0.500. The van der Waals surface area contributed by atoms with Crippen molar-refractivity contribution in [2.24, 2.45) is 0 Å². The third kappa shape index (κ3) is 1.67. The summed E-state index contributed by atoms with van der Waals surface area (Å²) in [7, 11) is 2.16. The Morgan fingerprint density at radius 2 is 1.94 bits per heavy atom. The highest BCUT2D eigenvalue weighted by Gasteiger charge is 2.41. The first-order valence-corrected chi connectivity index (χ1v) is 5.86. The molecule has 2 bridgehead atoms. The molecular formula is C12H15N3O2. The molecule has 5 nitrogen and oxygen atoms in total. The van der Waals surface area contributed by atoms with Gasteiger partial charge in [-0.3, -0.25) is 15.0 Å². The Hall–Kier alpha value is -1.62. The van der Waals surface area contributed by atoms with Crippen molar-refractivity contribution in [2.75, 3.05) is 25.0 Å². The summed E-state index contributed by atoms with van der Waals surface area (Å²) in [5.41, 5.74) is 1.27. The molecule has 2 atom stereocenters. The molecule has 2 aliphatic heterocycles. The Morgan fingerprint density at radius 3 is 2.41 bits per heavy atom. The Kier molecular flexibility index (Phi) is 2.29. The van der Waals surface area contributed by atoms with Crippen LogP contribution in [-0.4, -0.2) is 42.0 Å². The maximum Gasteiger partial charge on any atom is 0.269 e. The van der Waals surface area contributed by atoms with Gasteiger partial charge in [0.15, 0.2) is 0 Å². The molecule has 5 heteroatoms. The van der Waals surface area contributed by atoms with E-state index in [4.69, 9.17) is 0 Å². The van der Waals surface area contributed by atoms with Crippen LogP contribution >= 0.6 is 0 Å². The van der Waals surface area contributed by atoms with Crippen molar-refractivity contribution in [2.45, 2.75) is 18.5 Å². The van der Waals surface area contributed by atoms with E-state index in [1.165, 1.54) is 6.42 Å². The predicted molar refractivity (Wildman–Crippen MR) is 65.3 cm³/mol. The van der Waals surface area contributed by atoms with E-state index in [1.54, 1.807) is 12.1 Å². The molecule has 0 saturated carbocycles. The van der Waals surface area contributed by atoms with Crippen LogP contribution in [0.3, 0.4) is 0 Å². The van der Waals surface area contributed by atoms with Crippen molar-refractivity contribution in [3.8, 4) is 0 Å². The maximum atomic E-state index is 10.6. The van der Waals surface area contributed by atoms with Crippen LogP contribution < -0.4 is 4.90 Å². The quantitative estimate of drug-likeness (QED) is 0.573. The Morgan fingerprint density at radius 1 is 1.24 bits per heavy atom. The van der Waals surface area contributed by atoms with Gasteiger partial charge >= 0.3 is 0 Å². The van der Waals surface area contributed by atoms with E-state index >= 15 is 0 Å². The van der Waals surface area contributed by atoms with Crippen molar-refractivity contribution in [3.63, 3.8) is 0 Å². The minimum absolute atomic E-state index is 0.162. The van der Waals surface area contributed by atoms with Gasteiger partial charge in [0, 0.05) is 43.0 Å². The number of benzene rings is 1. The fourth-order valence-electron chi connectivity index (χ4n) is 2.95. The molecule has 0 aromatic heterocycles. The number of likely N-dealkylation sites (tertiary alicyclic amines) is 1. The highest BCUT2D eigenvalue weighted by atomic mass is 16.6. The van der Waals surface area contributed by atoms with Crippen molar-refractivity contribution in [1.82, 2.24) is 4.90 Å². The van der Waals surface area contributed by atoms with Gasteiger partial charge in [-0.25, -0.2) is 0 Å². The summed E-state index contributed by atoms with van der Waals surface area (Å²) in [5, 5.41) is 10.6. The van der Waals surface area contributed by atoms with Crippen LogP contribution in [0, 0.1) is 10.1 Å². The van der Waals surface area contributed by atoms with Gasteiger partial charge in [-0.1, -0.05) is 0 Å². The number of fused-ring (bicyclic) bond motifs is 2. The molecule has 2 heterocycles. The van der Waals surface area contributed by atoms with Gasteiger partial charge < -0.3 is 4.90 Å². The normalized spacial score (nSPS) is 27.7. The summed E-state index contributed by atoms with van der Waals surface area (Å²) in [6.45, 7) is 2.14. The topological polar surface area (TPSA) is 49.6 Å². The standard InChI is InChI=1S/C12H15N3O2/c1-13-7-12-6-11(13)8-14(12)9-2-4-10(5-3-9)15(16)17/h2-5,11-12H,6-8H2,1H3/t11-,12-/m0/s1. The van der Waals surface area contributed by atoms with Crippen LogP contribution in [0.15, 0.2) is 24.3 Å². The van der Waals surface area contributed by atoms with Crippen LogP contribution in [0.4, 0.5) is 11.4 Å². The van der Waals surface area contributed by atoms with Gasteiger partial charge in [0.25, 0.3) is 5.69 Å². The lowest BCUT2D eigenvalue weighted by Gasteiger charge is -2.33. The van der Waals surface area contributed by atoms with Crippen molar-refractivity contribution < 1.29 is 4.92 Å². The SMILES string of the molecule is CN1C[C@@H]2C[C@H]1CN2c1ccc([N+](=O)[O-])cc1. The number of likely N-dealkylation sites (N-methyl/N-ethyl adjacent to an activating group) is 1. The number of nitro groups is 1. The highest BCUT2D eigenvalue weighted by Crippen LogP contribution is 2.34. The first-order chi connectivity index (χ1) is 8.15. The summed E-state index contributed by atoms with van der Waals surface area (Å²) < 4.78 is 0. The Bertz CT molecular complexity index is 444. The second-order valence-corrected chi connectivity index (χ2v) is 4.91. The third-order valence-corrected chi connectivity index (χ3v) is 3.91. The summed E-state index contributed by atoms with van der Waals surface area (Å²) in [6, 6.07) is 8.12. The molecule has 0 spiro atoms. The number of piperazine rings is 1. The van der Waals surface area contributed by atoms with Crippen LogP contribution in [0.2, 0.25) is 0 Å². The monoisotopic (exact) mass is 233 g/mol. The van der Waals surface area contributed by atoms with Crippen molar-refractivity contribution in [3.05, 3.63) is 34.4 Å². The van der Waals surface area contributed by atoms with Crippen LogP contribution in [-0.2, 0) is 0 Å². The van der Waals surface area contributed by atoms with Gasteiger partial charge in [-0.15, -0.1) is 0 Å². The van der Waals surface area contributed by atoms with E-state index in [0.717, 1.165) is 18.8 Å². The second kappa shape index (κ2) is 3.70. The molecule has 1 aromatic carbocycles. The number of nitrogens with zero attached hydrogens (tertiary/aromatic N) is 3. The van der Waals surface area contributed by atoms with Crippen molar-refractivity contribution >= 4 is 11.4 Å². The number of rotatable bonds is 2. The fourth-order valence-corrected chi connectivity index (χ4v) is 2.95. The third-order valence-electron chi connectivity index (χ3n) is 3.91. The van der Waals surface area contributed by atoms with E-state index in [1.807, 2.05) is 12.1 Å². The predicted octanol–water partition coefficient (Wildman–Crippen LogP) is 1.49. The van der Waals surface area contributed by atoms with E-state index in [0.29, 0.717) is 12.1 Å². The molecule has 2 aliphatic rings. The molecule has 0 unspecified atom stereocenters. The zero-order chi connectivity index (χ0) is 12.0. The Balaban J connectivity index is 1.80. The number of anilines is 1. The van der Waals surface area contributed by atoms with E-state index in [2.05, 4.69) is 16.8 Å². The lowest BCUT2D eigenvalue weighted by atomic mass is 10.2. The summed E-state index contributed by atoms with van der Waals surface area (Å²) in [4.78, 5) is 15.0. The molecule has 17 heavy (non-hydrogen) atoms. The van der Waals surface area contributed by atoms with Gasteiger partial charge in [0.05, 0.1) is 4.92 Å². The summed E-state index contributed by atoms with van der Waals surface area (Å²) in [5.74, 6) is 0. The molecule has 1 aromatic rings. The smallest absolute Gasteiger partial charge is 0.269 e. The molecule has 0 amide bonds. The lowest BCUT2D eigenvalue weighted by Crippen LogP contribution is -2.44. The van der Waals surface area contributed by atoms with Gasteiger partial charge in [-0.05, 0) is 25.6 Å². The van der Waals surface area contributed by atoms with Gasteiger partial charge in [-0.2, -0.15) is 0 Å². The summed E-state index contributed by atoms with van der Waals surface area (Å²) >= 11 is 0. The number of non-ortho nitro benzene ring substituents is 1. The van der Waals surface area contributed by atoms with E-state index in [-0.39, 0.29) is 10.6 Å². The molecule has 0 N–H and O–H groups in total. The van der Waals surface area contributed by atoms with Crippen LogP contribution in [0.25, 0.3) is 0 Å². The Labute approximate surface area is 99.8 Å². The lowest BCUT2D eigenvalue weighted by molar-refractivity contribution is -0.384. The van der Waals surface area contributed by atoms with Crippen LogP contribution in [0.1, 0.15) is 6.42 Å². The molecule has 0 radical (unpaired) electrons. The largest absolute Gasteiger partial charge is 0.366 e. The first-order valence-electron chi connectivity index (χ1n) is 5.86. The molecule has 2 fully saturated rings. The maximum absolute atomic E-state index is 10.6. The number of nitro benzene ring substituents is 1. The second-order valence-electron chi connectivity index (χ2n) is 4.91. The zero-order valence-electron chi connectivity index (χ0n) is 9.74. The van der Waals surface area contributed by atoms with Crippen LogP contribution in [0.5, 0.6) is 0 Å². The minimum atomic E-state index is -0.353. The molecule has 90 valence electrons. The van der Waals surface area contributed by atoms with E-state index in [9.17, 15) is 10.1 Å². The molecule has 3 rings (SSSR count). The van der Waals surface area contributed by atoms with Gasteiger partial charge in [0.2, 0.25) is 0 Å². The summed E-state index contributed by atoms with van der Waals surface area (Å²) in [6.07, 6.45) is 1.22. The zero-order valence-corrected chi connectivity index (χ0v) is 9.74. The first kappa shape index (κ1) is 10.5. The van der Waals surface area contributed by atoms with Gasteiger partial charge in [0.1, 0.15) is 0 Å². The van der Waals surface area contributed by atoms with Crippen molar-refractivity contribution in [1.29, 1.82) is 0 Å².